The maximum atomic E-state index is 10.9. The molecule has 0 aromatic carbocycles. The van der Waals surface area contributed by atoms with Gasteiger partial charge in [-0.25, -0.2) is 8.42 Å². The Balaban J connectivity index is 2.18. The van der Waals surface area contributed by atoms with E-state index in [0.717, 1.165) is 25.9 Å². The summed E-state index contributed by atoms with van der Waals surface area (Å²) in [4.78, 5) is 2.18. The highest BCUT2D eigenvalue weighted by atomic mass is 32.2. The summed E-state index contributed by atoms with van der Waals surface area (Å²) in [5, 5.41) is 9.82. The van der Waals surface area contributed by atoms with Crippen LogP contribution in [-0.4, -0.2) is 63.5 Å². The fourth-order valence-electron chi connectivity index (χ4n) is 2.10. The van der Waals surface area contributed by atoms with Gasteiger partial charge in [0.05, 0.1) is 12.4 Å². The highest BCUT2D eigenvalue weighted by Crippen LogP contribution is 2.19. The maximum Gasteiger partial charge on any atom is 0.158 e. The normalized spacial score (nSPS) is 24.8. The molecule has 2 atom stereocenters. The van der Waals surface area contributed by atoms with E-state index in [-0.39, 0.29) is 11.7 Å². The molecule has 2 unspecified atom stereocenters. The van der Waals surface area contributed by atoms with Gasteiger partial charge in [0.15, 0.2) is 6.29 Å². The number of aliphatic hydroxyl groups excluding tert-OH is 1. The van der Waals surface area contributed by atoms with Gasteiger partial charge in [-0.1, -0.05) is 0 Å². The van der Waals surface area contributed by atoms with Crippen LogP contribution in [0.2, 0.25) is 0 Å². The molecule has 0 amide bonds. The third kappa shape index (κ3) is 6.35. The summed E-state index contributed by atoms with van der Waals surface area (Å²) in [5.41, 5.74) is 0. The molecule has 5 nitrogen and oxygen atoms in total. The monoisotopic (exact) mass is 265 g/mol. The highest BCUT2D eigenvalue weighted by Gasteiger charge is 2.24. The van der Waals surface area contributed by atoms with Crippen LogP contribution in [0.25, 0.3) is 0 Å². The van der Waals surface area contributed by atoms with Crippen LogP contribution < -0.4 is 0 Å². The molecule has 1 heterocycles. The Morgan fingerprint density at radius 3 is 2.82 bits per heavy atom. The van der Waals surface area contributed by atoms with E-state index >= 15 is 0 Å². The maximum absolute atomic E-state index is 10.9. The SMILES string of the molecule is CN1CCCC(C(O)OCCCS(C)(=O)=O)C1. The number of hydrogen-bond acceptors (Lipinski definition) is 5. The fraction of sp³-hybridized carbons (Fsp3) is 1.00. The first kappa shape index (κ1) is 14.9. The van der Waals surface area contributed by atoms with E-state index in [2.05, 4.69) is 4.90 Å². The second-order valence-corrected chi connectivity index (χ2v) is 7.17. The first-order valence-corrected chi connectivity index (χ1v) is 8.10. The zero-order valence-electron chi connectivity index (χ0n) is 10.6. The lowest BCUT2D eigenvalue weighted by Gasteiger charge is -2.32. The largest absolute Gasteiger partial charge is 0.368 e. The van der Waals surface area contributed by atoms with Crippen molar-refractivity contribution >= 4 is 9.84 Å². The zero-order valence-corrected chi connectivity index (χ0v) is 11.4. The van der Waals surface area contributed by atoms with Crippen LogP contribution in [0.15, 0.2) is 0 Å². The molecule has 1 fully saturated rings. The predicted molar refractivity (Wildman–Crippen MR) is 66.5 cm³/mol. The van der Waals surface area contributed by atoms with Crippen molar-refractivity contribution in [1.29, 1.82) is 0 Å². The molecule has 1 aliphatic rings. The molecular weight excluding hydrogens is 242 g/mol. The number of nitrogens with zero attached hydrogens (tertiary/aromatic N) is 1. The number of piperidine rings is 1. The van der Waals surface area contributed by atoms with Gasteiger partial charge in [-0.3, -0.25) is 0 Å². The standard InChI is InChI=1S/C11H23NO4S/c1-12-6-3-5-10(9-12)11(13)16-7-4-8-17(2,14)15/h10-11,13H,3-9H2,1-2H3. The quantitative estimate of drug-likeness (QED) is 0.545. The van der Waals surface area contributed by atoms with Crippen molar-refractivity contribution in [2.75, 3.05) is 38.8 Å². The van der Waals surface area contributed by atoms with Crippen molar-refractivity contribution in [1.82, 2.24) is 4.90 Å². The van der Waals surface area contributed by atoms with E-state index in [9.17, 15) is 13.5 Å². The topological polar surface area (TPSA) is 66.8 Å². The average Bonchev–Trinajstić information content (AvgIpc) is 2.23. The third-order valence-electron chi connectivity index (χ3n) is 3.01. The van der Waals surface area contributed by atoms with Crippen LogP contribution in [0.4, 0.5) is 0 Å². The van der Waals surface area contributed by atoms with Crippen molar-refractivity contribution in [3.8, 4) is 0 Å². The second-order valence-electron chi connectivity index (χ2n) is 4.91. The second kappa shape index (κ2) is 6.68. The molecule has 0 saturated carbocycles. The van der Waals surface area contributed by atoms with E-state index in [1.165, 1.54) is 6.26 Å². The molecular formula is C11H23NO4S. The molecule has 0 radical (unpaired) electrons. The van der Waals surface area contributed by atoms with Crippen LogP contribution >= 0.6 is 0 Å². The lowest BCUT2D eigenvalue weighted by atomic mass is 9.98. The Labute approximate surface area is 104 Å². The van der Waals surface area contributed by atoms with Crippen LogP contribution in [-0.2, 0) is 14.6 Å². The molecule has 1 rings (SSSR count). The highest BCUT2D eigenvalue weighted by molar-refractivity contribution is 7.90. The third-order valence-corrected chi connectivity index (χ3v) is 4.04. The Bertz CT molecular complexity index is 317. The van der Waals surface area contributed by atoms with E-state index in [1.807, 2.05) is 7.05 Å². The van der Waals surface area contributed by atoms with Crippen LogP contribution in [0.5, 0.6) is 0 Å². The molecule has 0 spiro atoms. The summed E-state index contributed by atoms with van der Waals surface area (Å²) < 4.78 is 27.1. The van der Waals surface area contributed by atoms with Crippen molar-refractivity contribution in [2.24, 2.45) is 5.92 Å². The lowest BCUT2D eigenvalue weighted by molar-refractivity contribution is -0.144. The van der Waals surface area contributed by atoms with Crippen LogP contribution in [0, 0.1) is 5.92 Å². The van der Waals surface area contributed by atoms with Gasteiger partial charge >= 0.3 is 0 Å². The Morgan fingerprint density at radius 2 is 2.24 bits per heavy atom. The summed E-state index contributed by atoms with van der Waals surface area (Å²) in [7, 11) is -0.895. The van der Waals surface area contributed by atoms with Gasteiger partial charge in [0.1, 0.15) is 9.84 Å². The minimum absolute atomic E-state index is 0.115. The molecule has 1 saturated heterocycles. The number of likely N-dealkylation sites (tertiary alicyclic amines) is 1. The molecule has 102 valence electrons. The summed E-state index contributed by atoms with van der Waals surface area (Å²) in [6.07, 6.45) is 2.93. The fourth-order valence-corrected chi connectivity index (χ4v) is 2.74. The Hall–Kier alpha value is -0.170. The molecule has 17 heavy (non-hydrogen) atoms. The van der Waals surface area contributed by atoms with Crippen molar-refractivity contribution < 1.29 is 18.3 Å². The summed E-state index contributed by atoms with van der Waals surface area (Å²) >= 11 is 0. The van der Waals surface area contributed by atoms with Gasteiger partial charge < -0.3 is 14.7 Å². The predicted octanol–water partition coefficient (Wildman–Crippen LogP) is 0.0979. The summed E-state index contributed by atoms with van der Waals surface area (Å²) in [5.74, 6) is 0.261. The average molecular weight is 265 g/mol. The number of aliphatic hydroxyl groups is 1. The number of sulfone groups is 1. The van der Waals surface area contributed by atoms with Crippen molar-refractivity contribution in [2.45, 2.75) is 25.6 Å². The van der Waals surface area contributed by atoms with Gasteiger partial charge in [-0.2, -0.15) is 0 Å². The molecule has 1 aliphatic heterocycles. The van der Waals surface area contributed by atoms with E-state index in [1.54, 1.807) is 0 Å². The first-order valence-electron chi connectivity index (χ1n) is 6.04. The molecule has 6 heteroatoms. The van der Waals surface area contributed by atoms with E-state index in [4.69, 9.17) is 4.74 Å². The van der Waals surface area contributed by atoms with Gasteiger partial charge in [0, 0.05) is 18.7 Å². The number of rotatable bonds is 6. The molecule has 1 N–H and O–H groups in total. The van der Waals surface area contributed by atoms with Crippen LogP contribution in [0.3, 0.4) is 0 Å². The molecule has 0 aromatic heterocycles. The lowest BCUT2D eigenvalue weighted by Crippen LogP contribution is -2.39. The molecule has 0 aliphatic carbocycles. The Kier molecular flexibility index (Phi) is 5.85. The van der Waals surface area contributed by atoms with E-state index < -0.39 is 16.1 Å². The van der Waals surface area contributed by atoms with Gasteiger partial charge in [0.2, 0.25) is 0 Å². The summed E-state index contributed by atoms with van der Waals surface area (Å²) in [6.45, 7) is 2.21. The molecule has 0 bridgehead atoms. The number of ether oxygens (including phenoxy) is 1. The van der Waals surface area contributed by atoms with Crippen LogP contribution in [0.1, 0.15) is 19.3 Å². The molecule has 0 aromatic rings. The summed E-state index contributed by atoms with van der Waals surface area (Å²) in [6, 6.07) is 0. The van der Waals surface area contributed by atoms with Gasteiger partial charge in [-0.05, 0) is 32.9 Å². The number of hydrogen-bond donors (Lipinski definition) is 1. The van der Waals surface area contributed by atoms with Gasteiger partial charge in [0.25, 0.3) is 0 Å². The first-order chi connectivity index (χ1) is 7.88. The van der Waals surface area contributed by atoms with Crippen molar-refractivity contribution in [3.05, 3.63) is 0 Å². The minimum atomic E-state index is -2.93. The smallest absolute Gasteiger partial charge is 0.158 e. The van der Waals surface area contributed by atoms with Gasteiger partial charge in [-0.15, -0.1) is 0 Å². The van der Waals surface area contributed by atoms with E-state index in [0.29, 0.717) is 13.0 Å². The minimum Gasteiger partial charge on any atom is -0.368 e. The van der Waals surface area contributed by atoms with Crippen molar-refractivity contribution in [3.63, 3.8) is 0 Å². The zero-order chi connectivity index (χ0) is 12.9. The Morgan fingerprint density at radius 1 is 1.53 bits per heavy atom.